The van der Waals surface area contributed by atoms with E-state index in [1.165, 1.54) is 0 Å². The number of thiocarbonyl (C=S) groups is 1. The third-order valence-corrected chi connectivity index (χ3v) is 3.89. The lowest BCUT2D eigenvalue weighted by Gasteiger charge is -2.12. The second kappa shape index (κ2) is 10.6. The summed E-state index contributed by atoms with van der Waals surface area (Å²) in [5.41, 5.74) is 2.22. The smallest absolute Gasteiger partial charge is 0.335 e. The lowest BCUT2D eigenvalue weighted by atomic mass is 10.2. The van der Waals surface area contributed by atoms with Gasteiger partial charge >= 0.3 is 5.97 Å². The van der Waals surface area contributed by atoms with Crippen LogP contribution in [0.5, 0.6) is 0 Å². The molecule has 132 valence electrons. The van der Waals surface area contributed by atoms with Crippen molar-refractivity contribution < 1.29 is 19.4 Å². The van der Waals surface area contributed by atoms with Crippen LogP contribution < -0.4 is 0 Å². The number of hydrogen-bond donors (Lipinski definition) is 1. The first-order valence-corrected chi connectivity index (χ1v) is 8.64. The van der Waals surface area contributed by atoms with Crippen LogP contribution in [0.25, 0.3) is 0 Å². The predicted molar refractivity (Wildman–Crippen MR) is 100 cm³/mol. The third kappa shape index (κ3) is 7.45. The Bertz CT molecular complexity index is 658. The van der Waals surface area contributed by atoms with Crippen LogP contribution in [0.15, 0.2) is 60.7 Å². The van der Waals surface area contributed by atoms with Gasteiger partial charge in [0.2, 0.25) is 0 Å². The summed E-state index contributed by atoms with van der Waals surface area (Å²) in [5, 5.41) is 10.1. The van der Waals surface area contributed by atoms with Gasteiger partial charge in [-0.1, -0.05) is 60.7 Å². The van der Waals surface area contributed by atoms with E-state index < -0.39 is 12.1 Å². The van der Waals surface area contributed by atoms with Crippen molar-refractivity contribution in [1.29, 1.82) is 0 Å². The van der Waals surface area contributed by atoms with Gasteiger partial charge in [0, 0.05) is 12.8 Å². The maximum absolute atomic E-state index is 11.8. The van der Waals surface area contributed by atoms with E-state index in [1.807, 2.05) is 60.7 Å². The maximum atomic E-state index is 11.8. The number of carbonyl (C=O) groups excluding carboxylic acids is 1. The van der Waals surface area contributed by atoms with Crippen LogP contribution in [-0.2, 0) is 27.1 Å². The molecule has 5 heteroatoms. The summed E-state index contributed by atoms with van der Waals surface area (Å²) >= 11 is 5.06. The minimum atomic E-state index is -1.29. The fraction of sp³-hybridized carbons (Fsp3) is 0.300. The Labute approximate surface area is 153 Å². The highest BCUT2D eigenvalue weighted by Crippen LogP contribution is 2.05. The van der Waals surface area contributed by atoms with Crippen molar-refractivity contribution in [1.82, 2.24) is 0 Å². The summed E-state index contributed by atoms with van der Waals surface area (Å²) in [6.45, 7) is 0.639. The standard InChI is InChI=1S/C20H22O4S/c21-18(20(22)24-14-12-17-9-5-2-6-10-17)15-19(25)23-13-11-16-7-3-1-4-8-16/h1-10,18,21H,11-15H2. The van der Waals surface area contributed by atoms with Gasteiger partial charge in [0.05, 0.1) is 19.6 Å². The Morgan fingerprint density at radius 2 is 1.36 bits per heavy atom. The molecule has 0 aliphatic heterocycles. The molecule has 0 aliphatic carbocycles. The highest BCUT2D eigenvalue weighted by atomic mass is 32.1. The number of aliphatic hydroxyl groups is 1. The van der Waals surface area contributed by atoms with Crippen LogP contribution in [0, 0.1) is 0 Å². The molecule has 2 aromatic rings. The topological polar surface area (TPSA) is 55.8 Å². The summed E-state index contributed by atoms with van der Waals surface area (Å²) in [7, 11) is 0. The molecule has 0 radical (unpaired) electrons. The average molecular weight is 358 g/mol. The summed E-state index contributed by atoms with van der Waals surface area (Å²) in [5.74, 6) is -0.676. The molecule has 1 N–H and O–H groups in total. The molecular formula is C20H22O4S. The van der Waals surface area contributed by atoms with E-state index in [4.69, 9.17) is 21.7 Å². The maximum Gasteiger partial charge on any atom is 0.335 e. The van der Waals surface area contributed by atoms with E-state index in [0.717, 1.165) is 17.5 Å². The van der Waals surface area contributed by atoms with Gasteiger partial charge in [-0.25, -0.2) is 4.79 Å². The minimum Gasteiger partial charge on any atom is -0.487 e. The number of benzene rings is 2. The molecule has 2 aromatic carbocycles. The quantitative estimate of drug-likeness (QED) is 0.551. The zero-order valence-electron chi connectivity index (χ0n) is 14.0. The minimum absolute atomic E-state index is 0.0334. The molecule has 1 unspecified atom stereocenters. The van der Waals surface area contributed by atoms with E-state index in [9.17, 15) is 9.90 Å². The molecule has 4 nitrogen and oxygen atoms in total. The summed E-state index contributed by atoms with van der Waals surface area (Å²) < 4.78 is 10.5. The highest BCUT2D eigenvalue weighted by molar-refractivity contribution is 7.80. The molecule has 0 spiro atoms. The van der Waals surface area contributed by atoms with Gasteiger partial charge in [0.1, 0.15) is 0 Å². The SMILES string of the molecule is O=C(OCCc1ccccc1)C(O)CC(=S)OCCc1ccccc1. The van der Waals surface area contributed by atoms with Crippen molar-refractivity contribution in [3.05, 3.63) is 71.8 Å². The number of ether oxygens (including phenoxy) is 2. The number of rotatable bonds is 9. The van der Waals surface area contributed by atoms with E-state index >= 15 is 0 Å². The van der Waals surface area contributed by atoms with Crippen molar-refractivity contribution in [3.8, 4) is 0 Å². The van der Waals surface area contributed by atoms with Gasteiger partial charge < -0.3 is 14.6 Å². The highest BCUT2D eigenvalue weighted by Gasteiger charge is 2.19. The van der Waals surface area contributed by atoms with E-state index in [1.54, 1.807) is 0 Å². The molecule has 0 heterocycles. The van der Waals surface area contributed by atoms with Gasteiger partial charge in [-0.05, 0) is 23.3 Å². The lowest BCUT2D eigenvalue weighted by Crippen LogP contribution is -2.27. The van der Waals surface area contributed by atoms with Gasteiger partial charge in [0.15, 0.2) is 11.2 Å². The molecule has 2 rings (SSSR count). The molecule has 0 saturated carbocycles. The number of esters is 1. The number of carbonyl (C=O) groups is 1. The molecule has 1 atom stereocenters. The number of hydrogen-bond acceptors (Lipinski definition) is 5. The van der Waals surface area contributed by atoms with Gasteiger partial charge in [-0.2, -0.15) is 0 Å². The second-order valence-corrected chi connectivity index (χ2v) is 6.03. The predicted octanol–water partition coefficient (Wildman–Crippen LogP) is 3.11. The summed E-state index contributed by atoms with van der Waals surface area (Å²) in [6, 6.07) is 19.6. The Hall–Kier alpha value is -2.24. The molecule has 0 aromatic heterocycles. The van der Waals surface area contributed by atoms with E-state index in [2.05, 4.69) is 0 Å². The Morgan fingerprint density at radius 1 is 0.880 bits per heavy atom. The molecular weight excluding hydrogens is 336 g/mol. The van der Waals surface area contributed by atoms with Gasteiger partial charge in [0.25, 0.3) is 0 Å². The molecule has 0 aliphatic rings. The zero-order valence-corrected chi connectivity index (χ0v) is 14.8. The van der Waals surface area contributed by atoms with Gasteiger partial charge in [-0.3, -0.25) is 0 Å². The first-order chi connectivity index (χ1) is 12.1. The Morgan fingerprint density at radius 3 is 1.88 bits per heavy atom. The van der Waals surface area contributed by atoms with Crippen molar-refractivity contribution in [2.75, 3.05) is 13.2 Å². The molecule has 0 bridgehead atoms. The first-order valence-electron chi connectivity index (χ1n) is 8.23. The summed E-state index contributed by atoms with van der Waals surface area (Å²) in [6.07, 6.45) is 0.00418. The molecule has 0 amide bonds. The molecule has 0 fully saturated rings. The van der Waals surface area contributed by atoms with Crippen molar-refractivity contribution in [2.45, 2.75) is 25.4 Å². The average Bonchev–Trinajstić information content (AvgIpc) is 2.63. The Balaban J connectivity index is 1.61. The largest absolute Gasteiger partial charge is 0.487 e. The van der Waals surface area contributed by atoms with Crippen molar-refractivity contribution in [2.24, 2.45) is 0 Å². The third-order valence-electron chi connectivity index (χ3n) is 3.61. The molecule has 25 heavy (non-hydrogen) atoms. The zero-order chi connectivity index (χ0) is 17.9. The summed E-state index contributed by atoms with van der Waals surface area (Å²) in [4.78, 5) is 11.8. The van der Waals surface area contributed by atoms with Crippen LogP contribution in [0.4, 0.5) is 0 Å². The van der Waals surface area contributed by atoms with Crippen molar-refractivity contribution in [3.63, 3.8) is 0 Å². The van der Waals surface area contributed by atoms with Crippen molar-refractivity contribution >= 4 is 23.2 Å². The van der Waals surface area contributed by atoms with Crippen LogP contribution in [-0.4, -0.2) is 35.4 Å². The normalized spacial score (nSPS) is 11.6. The van der Waals surface area contributed by atoms with Crippen LogP contribution >= 0.6 is 12.2 Å². The van der Waals surface area contributed by atoms with E-state index in [0.29, 0.717) is 13.0 Å². The fourth-order valence-corrected chi connectivity index (χ4v) is 2.48. The fourth-order valence-electron chi connectivity index (χ4n) is 2.24. The van der Waals surface area contributed by atoms with Crippen LogP contribution in [0.2, 0.25) is 0 Å². The molecule has 0 saturated heterocycles. The van der Waals surface area contributed by atoms with Crippen LogP contribution in [0.3, 0.4) is 0 Å². The lowest BCUT2D eigenvalue weighted by molar-refractivity contribution is -0.153. The second-order valence-electron chi connectivity index (χ2n) is 5.58. The number of aliphatic hydroxyl groups excluding tert-OH is 1. The van der Waals surface area contributed by atoms with E-state index in [-0.39, 0.29) is 18.1 Å². The Kier molecular flexibility index (Phi) is 8.09. The van der Waals surface area contributed by atoms with Crippen LogP contribution in [0.1, 0.15) is 17.5 Å². The first kappa shape index (κ1) is 19.1. The van der Waals surface area contributed by atoms with Gasteiger partial charge in [-0.15, -0.1) is 0 Å². The monoisotopic (exact) mass is 358 g/mol.